The van der Waals surface area contributed by atoms with Crippen LogP contribution in [0.2, 0.25) is 5.02 Å². The summed E-state index contributed by atoms with van der Waals surface area (Å²) in [7, 11) is 1.60. The molecule has 0 radical (unpaired) electrons. The third-order valence-electron chi connectivity index (χ3n) is 4.38. The molecule has 6 nitrogen and oxygen atoms in total. The minimum Gasteiger partial charge on any atom is -0.497 e. The van der Waals surface area contributed by atoms with E-state index in [-0.39, 0.29) is 18.0 Å². The average Bonchev–Trinajstić information content (AvgIpc) is 2.71. The van der Waals surface area contributed by atoms with Gasteiger partial charge in [-0.05, 0) is 48.4 Å². The molecule has 0 unspecified atom stereocenters. The minimum atomic E-state index is -0.252. The number of carbonyl (C=O) groups is 1. The van der Waals surface area contributed by atoms with Gasteiger partial charge in [0.2, 0.25) is 5.91 Å². The van der Waals surface area contributed by atoms with Crippen LogP contribution < -0.4 is 10.3 Å². The first-order chi connectivity index (χ1) is 14.0. The molecule has 0 aliphatic carbocycles. The van der Waals surface area contributed by atoms with E-state index in [0.29, 0.717) is 28.3 Å². The number of fused-ring (bicyclic) bond motifs is 1. The molecule has 1 heterocycles. The Labute approximate surface area is 173 Å². The van der Waals surface area contributed by atoms with Crippen LogP contribution in [-0.4, -0.2) is 34.4 Å². The van der Waals surface area contributed by atoms with Gasteiger partial charge in [-0.1, -0.05) is 30.7 Å². The number of H-pyrrole nitrogens is 1. The van der Waals surface area contributed by atoms with Gasteiger partial charge in [-0.2, -0.15) is 0 Å². The number of hydrogen-bond acceptors (Lipinski definition) is 4. The Morgan fingerprint density at radius 3 is 2.86 bits per heavy atom. The largest absolute Gasteiger partial charge is 0.497 e. The van der Waals surface area contributed by atoms with E-state index in [0.717, 1.165) is 17.7 Å². The number of benzene rings is 2. The molecule has 1 N–H and O–H groups in total. The second-order valence-electron chi connectivity index (χ2n) is 6.54. The van der Waals surface area contributed by atoms with Crippen LogP contribution in [-0.2, 0) is 11.3 Å². The smallest absolute Gasteiger partial charge is 0.258 e. The van der Waals surface area contributed by atoms with Crippen molar-refractivity contribution < 1.29 is 9.53 Å². The fourth-order valence-electron chi connectivity index (χ4n) is 2.97. The summed E-state index contributed by atoms with van der Waals surface area (Å²) in [4.78, 5) is 33.9. The van der Waals surface area contributed by atoms with E-state index in [9.17, 15) is 9.59 Å². The third-order valence-corrected chi connectivity index (χ3v) is 4.61. The lowest BCUT2D eigenvalue weighted by Crippen LogP contribution is -2.31. The van der Waals surface area contributed by atoms with Gasteiger partial charge in [0.05, 0.1) is 24.6 Å². The molecule has 3 aromatic rings. The van der Waals surface area contributed by atoms with Gasteiger partial charge in [-0.15, -0.1) is 0 Å². The number of amides is 1. The molecule has 2 aromatic carbocycles. The number of nitrogens with zero attached hydrogens (tertiary/aromatic N) is 2. The Bertz CT molecular complexity index is 1110. The summed E-state index contributed by atoms with van der Waals surface area (Å²) < 4.78 is 5.20. The Balaban J connectivity index is 1.82. The Kier molecular flexibility index (Phi) is 6.67. The lowest BCUT2D eigenvalue weighted by Gasteiger charge is -2.20. The highest BCUT2D eigenvalue weighted by atomic mass is 35.5. The maximum Gasteiger partial charge on any atom is 0.258 e. The summed E-state index contributed by atoms with van der Waals surface area (Å²) in [6, 6.07) is 12.4. The normalized spacial score (nSPS) is 11.1. The van der Waals surface area contributed by atoms with Crippen molar-refractivity contribution in [1.82, 2.24) is 14.9 Å². The molecular weight excluding hydrogens is 390 g/mol. The van der Waals surface area contributed by atoms with E-state index >= 15 is 0 Å². The van der Waals surface area contributed by atoms with Crippen molar-refractivity contribution in [3.05, 3.63) is 75.3 Å². The maximum atomic E-state index is 12.7. The summed E-state index contributed by atoms with van der Waals surface area (Å²) >= 11 is 6.02. The van der Waals surface area contributed by atoms with Crippen LogP contribution in [0.15, 0.2) is 53.3 Å². The molecule has 0 saturated heterocycles. The van der Waals surface area contributed by atoms with Gasteiger partial charge in [-0.3, -0.25) is 9.59 Å². The molecule has 0 atom stereocenters. The molecule has 1 amide bonds. The summed E-state index contributed by atoms with van der Waals surface area (Å²) in [6.45, 7) is 2.73. The second-order valence-corrected chi connectivity index (χ2v) is 6.98. The lowest BCUT2D eigenvalue weighted by atomic mass is 10.2. The number of aromatic amines is 1. The maximum absolute atomic E-state index is 12.7. The van der Waals surface area contributed by atoms with Crippen molar-refractivity contribution in [1.29, 1.82) is 0 Å². The summed E-state index contributed by atoms with van der Waals surface area (Å²) in [5.74, 6) is 0.978. The third kappa shape index (κ3) is 5.23. The number of aromatic nitrogens is 2. The lowest BCUT2D eigenvalue weighted by molar-refractivity contribution is -0.126. The van der Waals surface area contributed by atoms with Gasteiger partial charge in [-0.25, -0.2) is 4.98 Å². The van der Waals surface area contributed by atoms with Gasteiger partial charge < -0.3 is 14.6 Å². The number of hydrogen-bond donors (Lipinski definition) is 1. The fraction of sp³-hybridized carbons (Fsp3) is 0.227. The highest BCUT2D eigenvalue weighted by Crippen LogP contribution is 2.16. The standard InChI is InChI=1S/C22H22ClN3O3/c1-3-11-26(21(27)10-7-15-5-4-6-17(12-15)29-2)14-20-24-19-13-16(23)8-9-18(19)22(28)25-20/h4-10,12-13H,3,11,14H2,1-2H3,(H,24,25,28). The van der Waals surface area contributed by atoms with Crippen LogP contribution in [0.5, 0.6) is 5.75 Å². The number of nitrogens with one attached hydrogen (secondary N) is 1. The second kappa shape index (κ2) is 9.39. The summed E-state index contributed by atoms with van der Waals surface area (Å²) in [6.07, 6.45) is 4.03. The number of rotatable bonds is 7. The molecule has 0 aliphatic heterocycles. The molecule has 150 valence electrons. The summed E-state index contributed by atoms with van der Waals surface area (Å²) in [5, 5.41) is 0.966. The molecule has 0 fully saturated rings. The van der Waals surface area contributed by atoms with Crippen molar-refractivity contribution in [2.24, 2.45) is 0 Å². The molecule has 0 aliphatic rings. The SMILES string of the molecule is CCCN(Cc1nc2cc(Cl)ccc2c(=O)[nH]1)C(=O)C=Cc1cccc(OC)c1. The fourth-order valence-corrected chi connectivity index (χ4v) is 3.14. The van der Waals surface area contributed by atoms with Crippen LogP contribution in [0.4, 0.5) is 0 Å². The van der Waals surface area contributed by atoms with E-state index in [1.165, 1.54) is 6.08 Å². The Morgan fingerprint density at radius 2 is 2.10 bits per heavy atom. The van der Waals surface area contributed by atoms with Gasteiger partial charge >= 0.3 is 0 Å². The van der Waals surface area contributed by atoms with Gasteiger partial charge in [0.1, 0.15) is 11.6 Å². The van der Waals surface area contributed by atoms with Gasteiger partial charge in [0.15, 0.2) is 0 Å². The molecule has 3 rings (SSSR count). The van der Waals surface area contributed by atoms with Crippen molar-refractivity contribution >= 4 is 34.5 Å². The molecule has 0 bridgehead atoms. The van der Waals surface area contributed by atoms with E-state index in [1.807, 2.05) is 31.2 Å². The van der Waals surface area contributed by atoms with Crippen LogP contribution >= 0.6 is 11.6 Å². The summed E-state index contributed by atoms with van der Waals surface area (Å²) in [5.41, 5.74) is 1.12. The predicted octanol–water partition coefficient (Wildman–Crippen LogP) is 4.04. The van der Waals surface area contributed by atoms with Gasteiger partial charge in [0, 0.05) is 17.6 Å². The molecule has 7 heteroatoms. The van der Waals surface area contributed by atoms with Gasteiger partial charge in [0.25, 0.3) is 5.56 Å². The average molecular weight is 412 g/mol. The van der Waals surface area contributed by atoms with Crippen molar-refractivity contribution in [2.75, 3.05) is 13.7 Å². The van der Waals surface area contributed by atoms with Crippen LogP contribution in [0.25, 0.3) is 17.0 Å². The first-order valence-electron chi connectivity index (χ1n) is 9.29. The number of carbonyl (C=O) groups excluding carboxylic acids is 1. The first-order valence-corrected chi connectivity index (χ1v) is 9.67. The van der Waals surface area contributed by atoms with Crippen molar-refractivity contribution in [3.63, 3.8) is 0 Å². The van der Waals surface area contributed by atoms with Crippen LogP contribution in [0.1, 0.15) is 24.7 Å². The molecule has 0 saturated carbocycles. The van der Waals surface area contributed by atoms with Crippen LogP contribution in [0, 0.1) is 0 Å². The van der Waals surface area contributed by atoms with E-state index < -0.39 is 0 Å². The zero-order valence-corrected chi connectivity index (χ0v) is 17.1. The quantitative estimate of drug-likeness (QED) is 0.595. The molecule has 0 spiro atoms. The Morgan fingerprint density at radius 1 is 1.28 bits per heavy atom. The van der Waals surface area contributed by atoms with E-state index in [2.05, 4.69) is 9.97 Å². The van der Waals surface area contributed by atoms with Crippen molar-refractivity contribution in [2.45, 2.75) is 19.9 Å². The minimum absolute atomic E-state index is 0.163. The molecule has 29 heavy (non-hydrogen) atoms. The monoisotopic (exact) mass is 411 g/mol. The van der Waals surface area contributed by atoms with E-state index in [4.69, 9.17) is 16.3 Å². The van der Waals surface area contributed by atoms with E-state index in [1.54, 1.807) is 36.3 Å². The van der Waals surface area contributed by atoms with Crippen molar-refractivity contribution in [3.8, 4) is 5.75 Å². The topological polar surface area (TPSA) is 75.3 Å². The number of halogens is 1. The number of methoxy groups -OCH3 is 1. The molecule has 1 aromatic heterocycles. The zero-order chi connectivity index (χ0) is 20.8. The number of ether oxygens (including phenoxy) is 1. The Hall–Kier alpha value is -3.12. The highest BCUT2D eigenvalue weighted by Gasteiger charge is 2.13. The predicted molar refractivity (Wildman–Crippen MR) is 115 cm³/mol. The van der Waals surface area contributed by atoms with Crippen LogP contribution in [0.3, 0.4) is 0 Å². The first kappa shape index (κ1) is 20.6. The molecular formula is C22H22ClN3O3. The zero-order valence-electron chi connectivity index (χ0n) is 16.3. The highest BCUT2D eigenvalue weighted by molar-refractivity contribution is 6.31.